The molecule has 1 fully saturated rings. The van der Waals surface area contributed by atoms with Crippen molar-refractivity contribution in [1.29, 1.82) is 0 Å². The molecule has 17 heavy (non-hydrogen) atoms. The highest BCUT2D eigenvalue weighted by molar-refractivity contribution is 8.26. The lowest BCUT2D eigenvalue weighted by Gasteiger charge is -2.03. The first-order chi connectivity index (χ1) is 8.11. The van der Waals surface area contributed by atoms with E-state index < -0.39 is 0 Å². The van der Waals surface area contributed by atoms with Crippen LogP contribution in [0.25, 0.3) is 6.08 Å². The molecule has 3 nitrogen and oxygen atoms in total. The predicted octanol–water partition coefficient (Wildman–Crippen LogP) is 2.33. The molecule has 1 aliphatic heterocycles. The Balaban J connectivity index is 2.27. The van der Waals surface area contributed by atoms with E-state index in [-0.39, 0.29) is 5.91 Å². The number of carbonyl (C=O) groups is 2. The number of benzene rings is 1. The van der Waals surface area contributed by atoms with Gasteiger partial charge in [0.15, 0.2) is 0 Å². The number of nitrogens with zero attached hydrogens (tertiary/aromatic N) is 1. The highest BCUT2D eigenvalue weighted by Gasteiger charge is 2.28. The van der Waals surface area contributed by atoms with E-state index in [1.54, 1.807) is 37.4 Å². The molecule has 1 aromatic carbocycles. The standard InChI is InChI=1S/C12H9NO2S2/c1-13-11(15)10(17-12(13)16)6-8-2-4-9(7-14)5-3-8/h2-7H,1H3/b10-6-. The van der Waals surface area contributed by atoms with Gasteiger partial charge in [-0.2, -0.15) is 0 Å². The van der Waals surface area contributed by atoms with Crippen molar-refractivity contribution in [3.05, 3.63) is 40.3 Å². The van der Waals surface area contributed by atoms with Crippen molar-refractivity contribution < 1.29 is 9.59 Å². The molecule has 5 heteroatoms. The Kier molecular flexibility index (Phi) is 3.40. The number of likely N-dealkylation sites (N-methyl/N-ethyl adjacent to an activating group) is 1. The van der Waals surface area contributed by atoms with E-state index in [2.05, 4.69) is 0 Å². The summed E-state index contributed by atoms with van der Waals surface area (Å²) in [7, 11) is 1.66. The van der Waals surface area contributed by atoms with E-state index in [9.17, 15) is 9.59 Å². The summed E-state index contributed by atoms with van der Waals surface area (Å²) in [5, 5.41) is 0. The Bertz CT molecular complexity index is 520. The molecule has 0 atom stereocenters. The highest BCUT2D eigenvalue weighted by atomic mass is 32.2. The van der Waals surface area contributed by atoms with E-state index in [0.29, 0.717) is 14.8 Å². The largest absolute Gasteiger partial charge is 0.298 e. The molecule has 0 aliphatic carbocycles. The van der Waals surface area contributed by atoms with E-state index in [1.807, 2.05) is 0 Å². The smallest absolute Gasteiger partial charge is 0.265 e. The van der Waals surface area contributed by atoms with Crippen LogP contribution in [-0.2, 0) is 4.79 Å². The summed E-state index contributed by atoms with van der Waals surface area (Å²) >= 11 is 6.32. The number of hydrogen-bond acceptors (Lipinski definition) is 4. The Morgan fingerprint density at radius 1 is 1.24 bits per heavy atom. The first-order valence-corrected chi connectivity index (χ1v) is 6.11. The van der Waals surface area contributed by atoms with Crippen LogP contribution in [-0.4, -0.2) is 28.5 Å². The van der Waals surface area contributed by atoms with Gasteiger partial charge in [-0.3, -0.25) is 14.5 Å². The Labute approximate surface area is 108 Å². The Hall–Kier alpha value is -1.46. The van der Waals surface area contributed by atoms with Crippen LogP contribution in [0.15, 0.2) is 29.2 Å². The SMILES string of the molecule is CN1C(=O)/C(=C/c2ccc(C=O)cc2)SC1=S. The average molecular weight is 263 g/mol. The van der Waals surface area contributed by atoms with Gasteiger partial charge in [0.05, 0.1) is 4.91 Å². The molecule has 1 amide bonds. The molecule has 2 rings (SSSR count). The Morgan fingerprint density at radius 2 is 1.82 bits per heavy atom. The number of rotatable bonds is 2. The Morgan fingerprint density at radius 3 is 2.29 bits per heavy atom. The summed E-state index contributed by atoms with van der Waals surface area (Å²) in [6.45, 7) is 0. The quantitative estimate of drug-likeness (QED) is 0.466. The number of thioether (sulfide) groups is 1. The summed E-state index contributed by atoms with van der Waals surface area (Å²) in [4.78, 5) is 24.3. The van der Waals surface area contributed by atoms with Crippen LogP contribution in [0.3, 0.4) is 0 Å². The van der Waals surface area contributed by atoms with Gasteiger partial charge in [-0.05, 0) is 11.6 Å². The normalized spacial score (nSPS) is 17.9. The molecule has 0 unspecified atom stereocenters. The fourth-order valence-corrected chi connectivity index (χ4v) is 2.55. The average Bonchev–Trinajstić information content (AvgIpc) is 2.58. The van der Waals surface area contributed by atoms with Crippen molar-refractivity contribution in [2.24, 2.45) is 0 Å². The number of aldehydes is 1. The minimum atomic E-state index is -0.0838. The zero-order valence-corrected chi connectivity index (χ0v) is 10.7. The minimum Gasteiger partial charge on any atom is -0.298 e. The molecule has 1 aromatic rings. The van der Waals surface area contributed by atoms with Crippen molar-refractivity contribution >= 4 is 46.6 Å². The fourth-order valence-electron chi connectivity index (χ4n) is 1.37. The van der Waals surface area contributed by atoms with Gasteiger partial charge in [0.2, 0.25) is 0 Å². The molecule has 0 saturated carbocycles. The molecule has 86 valence electrons. The van der Waals surface area contributed by atoms with Crippen LogP contribution < -0.4 is 0 Å². The van der Waals surface area contributed by atoms with Gasteiger partial charge < -0.3 is 0 Å². The van der Waals surface area contributed by atoms with Gasteiger partial charge in [-0.1, -0.05) is 48.2 Å². The summed E-state index contributed by atoms with van der Waals surface area (Å²) in [6.07, 6.45) is 2.56. The van der Waals surface area contributed by atoms with E-state index in [4.69, 9.17) is 12.2 Å². The van der Waals surface area contributed by atoms with Crippen molar-refractivity contribution in [2.75, 3.05) is 7.05 Å². The van der Waals surface area contributed by atoms with E-state index >= 15 is 0 Å². The van der Waals surface area contributed by atoms with Crippen molar-refractivity contribution in [2.45, 2.75) is 0 Å². The maximum Gasteiger partial charge on any atom is 0.265 e. The van der Waals surface area contributed by atoms with Crippen LogP contribution in [0, 0.1) is 0 Å². The third kappa shape index (κ3) is 2.45. The van der Waals surface area contributed by atoms with E-state index in [1.165, 1.54) is 16.7 Å². The third-order valence-electron chi connectivity index (χ3n) is 2.36. The van der Waals surface area contributed by atoms with Gasteiger partial charge in [0.25, 0.3) is 5.91 Å². The van der Waals surface area contributed by atoms with Gasteiger partial charge in [-0.25, -0.2) is 0 Å². The number of amides is 1. The zero-order chi connectivity index (χ0) is 12.4. The molecule has 1 saturated heterocycles. The second kappa shape index (κ2) is 4.81. The molecule has 1 heterocycles. The van der Waals surface area contributed by atoms with Gasteiger partial charge in [-0.15, -0.1) is 0 Å². The van der Waals surface area contributed by atoms with Crippen LogP contribution >= 0.6 is 24.0 Å². The summed E-state index contributed by atoms with van der Waals surface area (Å²) < 4.78 is 0.561. The summed E-state index contributed by atoms with van der Waals surface area (Å²) in [6, 6.07) is 7.02. The van der Waals surface area contributed by atoms with Gasteiger partial charge in [0.1, 0.15) is 10.6 Å². The van der Waals surface area contributed by atoms with Crippen molar-refractivity contribution in [3.8, 4) is 0 Å². The van der Waals surface area contributed by atoms with Gasteiger partial charge in [0, 0.05) is 12.6 Å². The molecular weight excluding hydrogens is 254 g/mol. The second-order valence-corrected chi connectivity index (χ2v) is 5.20. The monoisotopic (exact) mass is 263 g/mol. The lowest BCUT2D eigenvalue weighted by Crippen LogP contribution is -2.22. The van der Waals surface area contributed by atoms with E-state index in [0.717, 1.165) is 11.8 Å². The first kappa shape index (κ1) is 12.0. The fraction of sp³-hybridized carbons (Fsp3) is 0.0833. The topological polar surface area (TPSA) is 37.4 Å². The summed E-state index contributed by atoms with van der Waals surface area (Å²) in [5.74, 6) is -0.0838. The lowest BCUT2D eigenvalue weighted by atomic mass is 10.1. The molecule has 0 bridgehead atoms. The van der Waals surface area contributed by atoms with Gasteiger partial charge >= 0.3 is 0 Å². The summed E-state index contributed by atoms with van der Waals surface area (Å²) in [5.41, 5.74) is 1.50. The van der Waals surface area contributed by atoms with Crippen molar-refractivity contribution in [1.82, 2.24) is 4.90 Å². The zero-order valence-electron chi connectivity index (χ0n) is 9.04. The highest BCUT2D eigenvalue weighted by Crippen LogP contribution is 2.31. The third-order valence-corrected chi connectivity index (χ3v) is 3.84. The maximum atomic E-state index is 11.7. The molecule has 0 radical (unpaired) electrons. The number of hydrogen-bond donors (Lipinski definition) is 0. The molecule has 0 spiro atoms. The predicted molar refractivity (Wildman–Crippen MR) is 72.8 cm³/mol. The second-order valence-electron chi connectivity index (χ2n) is 3.53. The first-order valence-electron chi connectivity index (χ1n) is 4.88. The van der Waals surface area contributed by atoms with Crippen LogP contribution in [0.2, 0.25) is 0 Å². The molecule has 0 N–H and O–H groups in total. The van der Waals surface area contributed by atoms with Crippen LogP contribution in [0.4, 0.5) is 0 Å². The molecular formula is C12H9NO2S2. The molecule has 0 aromatic heterocycles. The minimum absolute atomic E-state index is 0.0838. The number of carbonyl (C=O) groups excluding carboxylic acids is 2. The number of thiocarbonyl (C=S) groups is 1. The lowest BCUT2D eigenvalue weighted by molar-refractivity contribution is -0.121. The maximum absolute atomic E-state index is 11.7. The van der Waals surface area contributed by atoms with Crippen molar-refractivity contribution in [3.63, 3.8) is 0 Å². The molecule has 1 aliphatic rings. The van der Waals surface area contributed by atoms with Crippen LogP contribution in [0.5, 0.6) is 0 Å². The van der Waals surface area contributed by atoms with Crippen LogP contribution in [0.1, 0.15) is 15.9 Å².